The number of aromatic nitrogens is 4. The first-order valence-electron chi connectivity index (χ1n) is 27.7. The number of imidazole rings is 2. The summed E-state index contributed by atoms with van der Waals surface area (Å²) in [5, 5.41) is 5.54. The molecular formula is C59H72F2N10O6. The number of benzene rings is 4. The van der Waals surface area contributed by atoms with Crippen LogP contribution in [0.15, 0.2) is 78.9 Å². The molecular weight excluding hydrogens is 983 g/mol. The minimum Gasteiger partial charge on any atom is -0.450 e. The van der Waals surface area contributed by atoms with E-state index in [2.05, 4.69) is 49.8 Å². The highest BCUT2D eigenvalue weighted by Crippen LogP contribution is 2.49. The second kappa shape index (κ2) is 22.8. The molecule has 0 radical (unpaired) electrons. The Labute approximate surface area is 448 Å². The number of fused-ring (bicyclic) bond motifs is 2. The highest BCUT2D eigenvalue weighted by Gasteiger charge is 2.41. The fourth-order valence-electron chi connectivity index (χ4n) is 12.4. The van der Waals surface area contributed by atoms with Crippen molar-refractivity contribution in [1.82, 2.24) is 40.4 Å². The molecule has 10 rings (SSSR count). The zero-order valence-electron chi connectivity index (χ0n) is 45.0. The number of carbonyl (C=O) groups excluding carboxylic acids is 4. The number of nitrogens with zero attached hydrogens (tertiary/aromatic N) is 6. The normalized spacial score (nSPS) is 20.9. The van der Waals surface area contributed by atoms with E-state index in [1.807, 2.05) is 75.1 Å². The molecule has 408 valence electrons. The molecule has 4 aliphatic heterocycles. The summed E-state index contributed by atoms with van der Waals surface area (Å²) in [4.78, 5) is 77.8. The number of piperidine rings is 1. The summed E-state index contributed by atoms with van der Waals surface area (Å²) in [7, 11) is 0. The maximum atomic E-state index is 16.9. The Bertz CT molecular complexity index is 2930. The van der Waals surface area contributed by atoms with Crippen LogP contribution < -0.4 is 20.4 Å². The van der Waals surface area contributed by atoms with Gasteiger partial charge in [0.05, 0.1) is 59.4 Å². The molecule has 1 unspecified atom stereocenters. The molecule has 4 saturated heterocycles. The lowest BCUT2D eigenvalue weighted by atomic mass is 9.89. The molecule has 0 bridgehead atoms. The number of aromatic amines is 2. The van der Waals surface area contributed by atoms with Crippen molar-refractivity contribution in [3.8, 4) is 0 Å². The maximum absolute atomic E-state index is 16.9. The van der Waals surface area contributed by atoms with Crippen LogP contribution in [0.5, 0.6) is 0 Å². The minimum atomic E-state index is -0.766. The van der Waals surface area contributed by atoms with E-state index in [1.54, 1.807) is 23.6 Å². The van der Waals surface area contributed by atoms with E-state index in [1.165, 1.54) is 17.7 Å². The van der Waals surface area contributed by atoms with E-state index in [9.17, 15) is 19.2 Å². The SMILES string of the molecule is CCOC(=O)NC(C(=O)N1CCC[C@H]1c1nc2ccc([C@H]3CC[C@H](c4ccc5nc([C@@H]6CCCN6C(=O)[C@@H](NC(=O)OCC)C(C)C)[nH]c5c4)N3c3cc(F)c(N4CCC(c5ccccc5)CC4)c(F)c3)cc2[nH]1)C(C)C. The molecule has 4 aliphatic rings. The quantitative estimate of drug-likeness (QED) is 0.0773. The Hall–Kier alpha value is -7.24. The molecule has 6 atom stereocenters. The van der Waals surface area contributed by atoms with Crippen LogP contribution in [-0.2, 0) is 19.1 Å². The van der Waals surface area contributed by atoms with Gasteiger partial charge in [0.15, 0.2) is 11.6 Å². The Morgan fingerprint density at radius 1 is 0.597 bits per heavy atom. The third-order valence-electron chi connectivity index (χ3n) is 16.3. The molecule has 4 amide bonds. The van der Waals surface area contributed by atoms with Gasteiger partial charge in [-0.15, -0.1) is 0 Å². The zero-order valence-corrected chi connectivity index (χ0v) is 45.0. The standard InChI is InChI=1S/C59H72F2N10O6/c1-7-76-58(74)66-51(34(3)4)56(72)69-26-12-16-49(69)54-62-43-20-18-38(30-45(43)64-54)47-22-23-48(71(47)40-32-41(60)53(42(61)33-40)68-28-24-37(25-29-68)36-14-10-9-11-15-36)39-19-21-44-46(31-39)65-55(63-44)50-17-13-27-70(50)57(73)52(35(5)6)67-59(75)77-8-2/h9-11,14-15,18-21,30-35,37,47-52H,7-8,12-13,16-17,22-29H2,1-6H3,(H,62,64)(H,63,65)(H,66,74)(H,67,75)/t47-,48-,49+,50+,51+,52?/m1/s1. The number of anilines is 2. The van der Waals surface area contributed by atoms with Crippen molar-refractivity contribution in [1.29, 1.82) is 0 Å². The fraction of sp³-hybridized carbons (Fsp3) is 0.492. The molecule has 6 aromatic rings. The van der Waals surface area contributed by atoms with Crippen molar-refractivity contribution >= 4 is 57.4 Å². The molecule has 77 heavy (non-hydrogen) atoms. The van der Waals surface area contributed by atoms with E-state index in [0.717, 1.165) is 58.9 Å². The topological polar surface area (TPSA) is 181 Å². The monoisotopic (exact) mass is 1050 g/mol. The Balaban J connectivity index is 0.957. The van der Waals surface area contributed by atoms with Gasteiger partial charge in [-0.05, 0) is 136 Å². The van der Waals surface area contributed by atoms with Gasteiger partial charge in [-0.25, -0.2) is 28.3 Å². The summed E-state index contributed by atoms with van der Waals surface area (Å²) in [6.07, 6.45) is 4.62. The van der Waals surface area contributed by atoms with Gasteiger partial charge in [-0.3, -0.25) is 9.59 Å². The van der Waals surface area contributed by atoms with Gasteiger partial charge in [0.1, 0.15) is 29.4 Å². The van der Waals surface area contributed by atoms with Crippen LogP contribution in [0.25, 0.3) is 22.1 Å². The average molecular weight is 1060 g/mol. The highest BCUT2D eigenvalue weighted by molar-refractivity contribution is 5.88. The average Bonchev–Trinajstić information content (AvgIpc) is 4.36. The highest BCUT2D eigenvalue weighted by atomic mass is 19.1. The van der Waals surface area contributed by atoms with Crippen LogP contribution in [0.1, 0.15) is 151 Å². The van der Waals surface area contributed by atoms with Crippen molar-refractivity contribution in [3.05, 3.63) is 119 Å². The maximum Gasteiger partial charge on any atom is 0.407 e. The van der Waals surface area contributed by atoms with Crippen LogP contribution in [-0.4, -0.2) is 105 Å². The van der Waals surface area contributed by atoms with Crippen molar-refractivity contribution in [3.63, 3.8) is 0 Å². The number of halogens is 2. The van der Waals surface area contributed by atoms with Crippen molar-refractivity contribution in [2.45, 2.75) is 135 Å². The molecule has 2 aromatic heterocycles. The number of ether oxygens (including phenoxy) is 2. The lowest BCUT2D eigenvalue weighted by Crippen LogP contribution is -2.51. The second-order valence-electron chi connectivity index (χ2n) is 21.8. The smallest absolute Gasteiger partial charge is 0.407 e. The molecule has 18 heteroatoms. The summed E-state index contributed by atoms with van der Waals surface area (Å²) < 4.78 is 44.0. The van der Waals surface area contributed by atoms with Gasteiger partial charge in [0.2, 0.25) is 11.8 Å². The second-order valence-corrected chi connectivity index (χ2v) is 21.8. The number of alkyl carbamates (subject to hydrolysis) is 2. The first-order valence-corrected chi connectivity index (χ1v) is 27.7. The fourth-order valence-corrected chi connectivity index (χ4v) is 12.4. The first-order chi connectivity index (χ1) is 37.2. The van der Waals surface area contributed by atoms with Crippen molar-refractivity contribution < 1.29 is 37.4 Å². The predicted octanol–water partition coefficient (Wildman–Crippen LogP) is 11.1. The number of amides is 4. The number of nitrogens with one attached hydrogen (secondary N) is 4. The lowest BCUT2D eigenvalue weighted by molar-refractivity contribution is -0.136. The van der Waals surface area contributed by atoms with Gasteiger partial charge < -0.3 is 49.7 Å². The van der Waals surface area contributed by atoms with E-state index >= 15 is 8.78 Å². The van der Waals surface area contributed by atoms with Crippen LogP contribution in [0, 0.1) is 23.5 Å². The number of carbonyl (C=O) groups is 4. The van der Waals surface area contributed by atoms with E-state index in [4.69, 9.17) is 19.4 Å². The summed E-state index contributed by atoms with van der Waals surface area (Å²) in [6, 6.07) is 22.6. The van der Waals surface area contributed by atoms with Crippen LogP contribution in [0.4, 0.5) is 29.7 Å². The van der Waals surface area contributed by atoms with Gasteiger partial charge in [0, 0.05) is 31.9 Å². The molecule has 0 spiro atoms. The van der Waals surface area contributed by atoms with Crippen molar-refractivity contribution in [2.75, 3.05) is 49.2 Å². The Kier molecular flexibility index (Phi) is 15.7. The van der Waals surface area contributed by atoms with Crippen LogP contribution >= 0.6 is 0 Å². The number of rotatable bonds is 15. The third-order valence-corrected chi connectivity index (χ3v) is 16.3. The van der Waals surface area contributed by atoms with Crippen LogP contribution in [0.2, 0.25) is 0 Å². The number of hydrogen-bond acceptors (Lipinski definition) is 10. The Morgan fingerprint density at radius 2 is 1.06 bits per heavy atom. The summed E-state index contributed by atoms with van der Waals surface area (Å²) >= 11 is 0. The minimum absolute atomic E-state index is 0.00275. The number of likely N-dealkylation sites (tertiary alicyclic amines) is 2. The van der Waals surface area contributed by atoms with Gasteiger partial charge in [-0.1, -0.05) is 70.2 Å². The molecule has 0 aliphatic carbocycles. The third kappa shape index (κ3) is 10.9. The van der Waals surface area contributed by atoms with Crippen molar-refractivity contribution in [2.24, 2.45) is 11.8 Å². The lowest BCUT2D eigenvalue weighted by Gasteiger charge is -2.36. The molecule has 6 heterocycles. The summed E-state index contributed by atoms with van der Waals surface area (Å²) in [5.74, 6) is -0.308. The van der Waals surface area contributed by atoms with Gasteiger partial charge in [-0.2, -0.15) is 0 Å². The predicted molar refractivity (Wildman–Crippen MR) is 291 cm³/mol. The molecule has 4 aromatic carbocycles. The summed E-state index contributed by atoms with van der Waals surface area (Å²) in [5.41, 5.74) is 6.56. The number of hydrogen-bond donors (Lipinski definition) is 4. The van der Waals surface area contributed by atoms with E-state index < -0.39 is 35.9 Å². The molecule has 0 saturated carbocycles. The largest absolute Gasteiger partial charge is 0.450 e. The zero-order chi connectivity index (χ0) is 54.1. The first kappa shape index (κ1) is 53.2. The number of H-pyrrole nitrogens is 2. The van der Waals surface area contributed by atoms with Gasteiger partial charge >= 0.3 is 12.2 Å². The molecule has 16 nitrogen and oxygen atoms in total. The van der Waals surface area contributed by atoms with E-state index in [-0.39, 0.29) is 66.7 Å². The molecule has 4 fully saturated rings. The van der Waals surface area contributed by atoms with Crippen LogP contribution in [0.3, 0.4) is 0 Å². The summed E-state index contributed by atoms with van der Waals surface area (Å²) in [6.45, 7) is 13.5. The van der Waals surface area contributed by atoms with Gasteiger partial charge in [0.25, 0.3) is 0 Å². The van der Waals surface area contributed by atoms with E-state index in [0.29, 0.717) is 75.1 Å². The molecule has 4 N–H and O–H groups in total. The Morgan fingerprint density at radius 3 is 1.51 bits per heavy atom.